The van der Waals surface area contributed by atoms with Crippen molar-refractivity contribution in [2.75, 3.05) is 6.79 Å². The third-order valence-corrected chi connectivity index (χ3v) is 3.07. The van der Waals surface area contributed by atoms with Gasteiger partial charge in [-0.25, -0.2) is 0 Å². The van der Waals surface area contributed by atoms with Crippen LogP contribution >= 0.6 is 0 Å². The molecule has 94 valence electrons. The number of H-pyrrole nitrogens is 1. The third kappa shape index (κ3) is 2.17. The van der Waals surface area contributed by atoms with Gasteiger partial charge in [-0.05, 0) is 24.6 Å². The molecule has 0 aliphatic carbocycles. The fourth-order valence-electron chi connectivity index (χ4n) is 1.94. The second-order valence-electron chi connectivity index (χ2n) is 4.32. The molecular weight excluding hydrogens is 230 g/mol. The Hall–Kier alpha value is -2.01. The molecule has 2 heterocycles. The maximum absolute atomic E-state index is 5.35. The van der Waals surface area contributed by atoms with Crippen molar-refractivity contribution in [2.24, 2.45) is 0 Å². The van der Waals surface area contributed by atoms with Crippen molar-refractivity contribution in [3.8, 4) is 11.5 Å². The zero-order valence-corrected chi connectivity index (χ0v) is 10.1. The first kappa shape index (κ1) is 11.1. The molecule has 5 heteroatoms. The van der Waals surface area contributed by atoms with Gasteiger partial charge in [-0.2, -0.15) is 5.10 Å². The summed E-state index contributed by atoms with van der Waals surface area (Å²) < 4.78 is 10.6. The summed E-state index contributed by atoms with van der Waals surface area (Å²) in [5.74, 6) is 1.65. The van der Waals surface area contributed by atoms with Gasteiger partial charge in [-0.15, -0.1) is 0 Å². The van der Waals surface area contributed by atoms with Crippen LogP contribution in [-0.2, 0) is 6.54 Å². The first-order chi connectivity index (χ1) is 8.83. The Kier molecular flexibility index (Phi) is 2.90. The standard InChI is InChI=1S/C13H15N3O2/c1-9(11-6-15-16-7-11)14-5-10-2-3-12-13(4-10)18-8-17-12/h2-4,6-7,9,14H,5,8H2,1H3,(H,15,16). The Morgan fingerprint density at radius 3 is 3.11 bits per heavy atom. The van der Waals surface area contributed by atoms with Gasteiger partial charge in [0.15, 0.2) is 11.5 Å². The maximum Gasteiger partial charge on any atom is 0.231 e. The highest BCUT2D eigenvalue weighted by Crippen LogP contribution is 2.32. The maximum atomic E-state index is 5.35. The average molecular weight is 245 g/mol. The molecular formula is C13H15N3O2. The molecule has 0 fully saturated rings. The van der Waals surface area contributed by atoms with E-state index in [1.54, 1.807) is 0 Å². The van der Waals surface area contributed by atoms with Crippen LogP contribution in [0.1, 0.15) is 24.1 Å². The molecule has 5 nitrogen and oxygen atoms in total. The Morgan fingerprint density at radius 1 is 1.39 bits per heavy atom. The number of ether oxygens (including phenoxy) is 2. The summed E-state index contributed by atoms with van der Waals surface area (Å²) in [7, 11) is 0. The van der Waals surface area contributed by atoms with Crippen molar-refractivity contribution >= 4 is 0 Å². The number of hydrogen-bond donors (Lipinski definition) is 2. The minimum Gasteiger partial charge on any atom is -0.454 e. The van der Waals surface area contributed by atoms with Crippen LogP contribution in [0.4, 0.5) is 0 Å². The number of benzene rings is 1. The van der Waals surface area contributed by atoms with Crippen molar-refractivity contribution in [2.45, 2.75) is 19.5 Å². The number of aromatic amines is 1. The van der Waals surface area contributed by atoms with E-state index in [-0.39, 0.29) is 6.04 Å². The van der Waals surface area contributed by atoms with E-state index in [2.05, 4.69) is 22.4 Å². The van der Waals surface area contributed by atoms with E-state index >= 15 is 0 Å². The lowest BCUT2D eigenvalue weighted by Gasteiger charge is -2.12. The predicted octanol–water partition coefficient (Wildman–Crippen LogP) is 1.99. The van der Waals surface area contributed by atoms with E-state index in [0.29, 0.717) is 6.79 Å². The summed E-state index contributed by atoms with van der Waals surface area (Å²) in [5.41, 5.74) is 2.32. The molecule has 1 atom stereocenters. The Morgan fingerprint density at radius 2 is 2.28 bits per heavy atom. The van der Waals surface area contributed by atoms with E-state index in [1.165, 1.54) is 5.56 Å². The molecule has 1 aliphatic heterocycles. The lowest BCUT2D eigenvalue weighted by molar-refractivity contribution is 0.174. The van der Waals surface area contributed by atoms with Crippen LogP contribution in [-0.4, -0.2) is 17.0 Å². The molecule has 18 heavy (non-hydrogen) atoms. The summed E-state index contributed by atoms with van der Waals surface area (Å²) >= 11 is 0. The van der Waals surface area contributed by atoms with Crippen LogP contribution in [0.2, 0.25) is 0 Å². The molecule has 3 rings (SSSR count). The average Bonchev–Trinajstić information content (AvgIpc) is 3.05. The summed E-state index contributed by atoms with van der Waals surface area (Å²) in [5, 5.41) is 10.2. The largest absolute Gasteiger partial charge is 0.454 e. The molecule has 1 aliphatic rings. The lowest BCUT2D eigenvalue weighted by Crippen LogP contribution is -2.17. The van der Waals surface area contributed by atoms with Gasteiger partial charge in [-0.3, -0.25) is 5.10 Å². The number of rotatable bonds is 4. The highest BCUT2D eigenvalue weighted by Gasteiger charge is 2.13. The van der Waals surface area contributed by atoms with Gasteiger partial charge in [0, 0.05) is 24.3 Å². The van der Waals surface area contributed by atoms with Crippen LogP contribution < -0.4 is 14.8 Å². The molecule has 2 aromatic rings. The van der Waals surface area contributed by atoms with E-state index in [0.717, 1.165) is 23.6 Å². The normalized spacial score (nSPS) is 14.7. The molecule has 1 unspecified atom stereocenters. The van der Waals surface area contributed by atoms with Gasteiger partial charge in [0.25, 0.3) is 0 Å². The molecule has 0 amide bonds. The molecule has 0 saturated heterocycles. The van der Waals surface area contributed by atoms with E-state index in [1.807, 2.05) is 30.6 Å². The van der Waals surface area contributed by atoms with Crippen LogP contribution in [0.3, 0.4) is 0 Å². The molecule has 0 spiro atoms. The Bertz CT molecular complexity index is 525. The SMILES string of the molecule is CC(NCc1ccc2c(c1)OCO2)c1cn[nH]c1. The van der Waals surface area contributed by atoms with Gasteiger partial charge in [0.1, 0.15) is 0 Å². The number of hydrogen-bond acceptors (Lipinski definition) is 4. The highest BCUT2D eigenvalue weighted by atomic mass is 16.7. The molecule has 1 aromatic carbocycles. The molecule has 0 saturated carbocycles. The molecule has 0 bridgehead atoms. The van der Waals surface area contributed by atoms with E-state index < -0.39 is 0 Å². The zero-order chi connectivity index (χ0) is 12.4. The molecule has 1 aromatic heterocycles. The number of aromatic nitrogens is 2. The van der Waals surface area contributed by atoms with Crippen LogP contribution in [0.15, 0.2) is 30.6 Å². The van der Waals surface area contributed by atoms with Crippen molar-refractivity contribution in [3.05, 3.63) is 41.7 Å². The van der Waals surface area contributed by atoms with Crippen molar-refractivity contribution in [1.29, 1.82) is 0 Å². The van der Waals surface area contributed by atoms with Gasteiger partial charge >= 0.3 is 0 Å². The quantitative estimate of drug-likeness (QED) is 0.864. The van der Waals surface area contributed by atoms with E-state index in [4.69, 9.17) is 9.47 Å². The smallest absolute Gasteiger partial charge is 0.231 e. The zero-order valence-electron chi connectivity index (χ0n) is 10.1. The van der Waals surface area contributed by atoms with Crippen molar-refractivity contribution in [1.82, 2.24) is 15.5 Å². The van der Waals surface area contributed by atoms with Crippen LogP contribution in [0.5, 0.6) is 11.5 Å². The number of fused-ring (bicyclic) bond motifs is 1. The lowest BCUT2D eigenvalue weighted by atomic mass is 10.1. The third-order valence-electron chi connectivity index (χ3n) is 3.07. The van der Waals surface area contributed by atoms with Gasteiger partial charge in [0.05, 0.1) is 6.20 Å². The van der Waals surface area contributed by atoms with Gasteiger partial charge in [0.2, 0.25) is 6.79 Å². The highest BCUT2D eigenvalue weighted by molar-refractivity contribution is 5.44. The molecule has 0 radical (unpaired) electrons. The number of nitrogens with zero attached hydrogens (tertiary/aromatic N) is 1. The van der Waals surface area contributed by atoms with Gasteiger partial charge < -0.3 is 14.8 Å². The van der Waals surface area contributed by atoms with Crippen molar-refractivity contribution in [3.63, 3.8) is 0 Å². The predicted molar refractivity (Wildman–Crippen MR) is 66.4 cm³/mol. The van der Waals surface area contributed by atoms with Crippen LogP contribution in [0.25, 0.3) is 0 Å². The topological polar surface area (TPSA) is 59.2 Å². The monoisotopic (exact) mass is 245 g/mol. The second-order valence-corrected chi connectivity index (χ2v) is 4.32. The minimum absolute atomic E-state index is 0.258. The fraction of sp³-hybridized carbons (Fsp3) is 0.308. The first-order valence-corrected chi connectivity index (χ1v) is 5.93. The van der Waals surface area contributed by atoms with Gasteiger partial charge in [-0.1, -0.05) is 6.07 Å². The van der Waals surface area contributed by atoms with E-state index in [9.17, 15) is 0 Å². The molecule has 2 N–H and O–H groups in total. The minimum atomic E-state index is 0.258. The first-order valence-electron chi connectivity index (χ1n) is 5.93. The summed E-state index contributed by atoms with van der Waals surface area (Å²) in [6, 6.07) is 6.26. The number of nitrogens with one attached hydrogen (secondary N) is 2. The summed E-state index contributed by atoms with van der Waals surface area (Å²) in [6.45, 7) is 3.21. The Labute approximate surface area is 105 Å². The summed E-state index contributed by atoms with van der Waals surface area (Å²) in [4.78, 5) is 0. The summed E-state index contributed by atoms with van der Waals surface area (Å²) in [6.07, 6.45) is 3.73. The fourth-order valence-corrected chi connectivity index (χ4v) is 1.94. The van der Waals surface area contributed by atoms with Crippen molar-refractivity contribution < 1.29 is 9.47 Å². The second kappa shape index (κ2) is 4.70. The van der Waals surface area contributed by atoms with Crippen LogP contribution in [0, 0.1) is 0 Å². The Balaban J connectivity index is 1.63.